The van der Waals surface area contributed by atoms with Crippen LogP contribution in [-0.2, 0) is 9.53 Å². The smallest absolute Gasteiger partial charge is 0.320 e. The first-order chi connectivity index (χ1) is 7.20. The molecular formula is C11H24N2O2. The lowest BCUT2D eigenvalue weighted by molar-refractivity contribution is -0.144. The molecule has 0 atom stereocenters. The van der Waals surface area contributed by atoms with Gasteiger partial charge in [-0.15, -0.1) is 0 Å². The maximum absolute atomic E-state index is 11.3. The predicted octanol–water partition coefficient (Wildman–Crippen LogP) is 0.871. The molecule has 15 heavy (non-hydrogen) atoms. The monoisotopic (exact) mass is 216 g/mol. The molecule has 0 aromatic rings. The summed E-state index contributed by atoms with van der Waals surface area (Å²) < 4.78 is 5.06. The molecule has 0 aromatic carbocycles. The maximum Gasteiger partial charge on any atom is 0.320 e. The van der Waals surface area contributed by atoms with Crippen LogP contribution in [0.1, 0.15) is 26.2 Å². The first kappa shape index (κ1) is 14.4. The van der Waals surface area contributed by atoms with Crippen molar-refractivity contribution in [1.29, 1.82) is 0 Å². The molecule has 90 valence electrons. The minimum Gasteiger partial charge on any atom is -0.465 e. The highest BCUT2D eigenvalue weighted by atomic mass is 16.5. The molecular weight excluding hydrogens is 192 g/mol. The molecule has 1 N–H and O–H groups in total. The number of likely N-dealkylation sites (N-methyl/N-ethyl adjacent to an activating group) is 1. The van der Waals surface area contributed by atoms with E-state index < -0.39 is 0 Å². The third-order valence-corrected chi connectivity index (χ3v) is 2.13. The lowest BCUT2D eigenvalue weighted by Crippen LogP contribution is -2.29. The van der Waals surface area contributed by atoms with E-state index in [4.69, 9.17) is 4.74 Å². The summed E-state index contributed by atoms with van der Waals surface area (Å²) >= 11 is 0. The number of rotatable bonds is 9. The quantitative estimate of drug-likeness (QED) is 0.459. The minimum atomic E-state index is -0.115. The Labute approximate surface area is 93.0 Å². The van der Waals surface area contributed by atoms with Crippen molar-refractivity contribution in [3.8, 4) is 0 Å². The molecule has 4 nitrogen and oxygen atoms in total. The third-order valence-electron chi connectivity index (χ3n) is 2.13. The van der Waals surface area contributed by atoms with Crippen molar-refractivity contribution in [3.63, 3.8) is 0 Å². The topological polar surface area (TPSA) is 41.6 Å². The second-order valence-electron chi connectivity index (χ2n) is 3.77. The van der Waals surface area contributed by atoms with Crippen LogP contribution in [0.3, 0.4) is 0 Å². The summed E-state index contributed by atoms with van der Waals surface area (Å²) in [5, 5.41) is 3.08. The van der Waals surface area contributed by atoms with Gasteiger partial charge in [-0.05, 0) is 40.0 Å². The fourth-order valence-electron chi connectivity index (χ4n) is 1.20. The molecule has 0 fully saturated rings. The van der Waals surface area contributed by atoms with E-state index in [-0.39, 0.29) is 5.97 Å². The number of ether oxygens (including phenoxy) is 1. The summed E-state index contributed by atoms with van der Waals surface area (Å²) in [6.45, 7) is 4.93. The molecule has 0 unspecified atom stereocenters. The Hall–Kier alpha value is -0.610. The van der Waals surface area contributed by atoms with E-state index in [1.165, 1.54) is 0 Å². The maximum atomic E-state index is 11.3. The van der Waals surface area contributed by atoms with Crippen LogP contribution in [0.15, 0.2) is 0 Å². The van der Waals surface area contributed by atoms with Crippen molar-refractivity contribution in [2.45, 2.75) is 26.2 Å². The summed E-state index contributed by atoms with van der Waals surface area (Å²) in [6, 6.07) is 0. The van der Waals surface area contributed by atoms with Gasteiger partial charge in [-0.25, -0.2) is 0 Å². The molecule has 0 aromatic heterocycles. The van der Waals surface area contributed by atoms with Crippen LogP contribution < -0.4 is 5.32 Å². The van der Waals surface area contributed by atoms with Gasteiger partial charge < -0.3 is 10.1 Å². The standard InChI is InChI=1S/C11H24N2O2/c1-4-5-9-15-11(14)10-13(3)8-6-7-12-2/h12H,4-10H2,1-3H3. The van der Waals surface area contributed by atoms with Crippen LogP contribution in [0.5, 0.6) is 0 Å². The second kappa shape index (κ2) is 9.93. The van der Waals surface area contributed by atoms with E-state index in [2.05, 4.69) is 12.2 Å². The minimum absolute atomic E-state index is 0.115. The Morgan fingerprint density at radius 2 is 2.13 bits per heavy atom. The van der Waals surface area contributed by atoms with Gasteiger partial charge in [-0.2, -0.15) is 0 Å². The predicted molar refractivity (Wildman–Crippen MR) is 61.9 cm³/mol. The van der Waals surface area contributed by atoms with E-state index in [1.807, 2.05) is 19.0 Å². The fraction of sp³-hybridized carbons (Fsp3) is 0.909. The van der Waals surface area contributed by atoms with Crippen molar-refractivity contribution < 1.29 is 9.53 Å². The van der Waals surface area contributed by atoms with E-state index >= 15 is 0 Å². The van der Waals surface area contributed by atoms with Crippen LogP contribution in [0, 0.1) is 0 Å². The zero-order valence-electron chi connectivity index (χ0n) is 10.2. The van der Waals surface area contributed by atoms with Crippen LogP contribution in [0.4, 0.5) is 0 Å². The Morgan fingerprint density at radius 3 is 2.73 bits per heavy atom. The molecule has 0 saturated carbocycles. The number of carbonyl (C=O) groups excluding carboxylic acids is 1. The Bertz CT molecular complexity index is 163. The molecule has 0 amide bonds. The summed E-state index contributed by atoms with van der Waals surface area (Å²) in [4.78, 5) is 13.3. The average Bonchev–Trinajstić information content (AvgIpc) is 2.18. The number of hydrogen-bond donors (Lipinski definition) is 1. The Kier molecular flexibility index (Phi) is 9.52. The summed E-state index contributed by atoms with van der Waals surface area (Å²) in [5.74, 6) is -0.115. The first-order valence-corrected chi connectivity index (χ1v) is 5.69. The van der Waals surface area contributed by atoms with Crippen LogP contribution in [-0.4, -0.2) is 51.2 Å². The van der Waals surface area contributed by atoms with E-state index in [0.717, 1.165) is 32.4 Å². The molecule has 0 rings (SSSR count). The zero-order valence-corrected chi connectivity index (χ0v) is 10.2. The normalized spacial score (nSPS) is 10.7. The highest BCUT2D eigenvalue weighted by Crippen LogP contribution is 1.92. The molecule has 0 bridgehead atoms. The molecule has 4 heteroatoms. The number of esters is 1. The van der Waals surface area contributed by atoms with Crippen molar-refractivity contribution >= 4 is 5.97 Å². The van der Waals surface area contributed by atoms with Crippen molar-refractivity contribution in [1.82, 2.24) is 10.2 Å². The second-order valence-corrected chi connectivity index (χ2v) is 3.77. The fourth-order valence-corrected chi connectivity index (χ4v) is 1.20. The Balaban J connectivity index is 3.40. The van der Waals surface area contributed by atoms with Crippen LogP contribution >= 0.6 is 0 Å². The van der Waals surface area contributed by atoms with Gasteiger partial charge in [0.2, 0.25) is 0 Å². The largest absolute Gasteiger partial charge is 0.465 e. The van der Waals surface area contributed by atoms with Crippen LogP contribution in [0.25, 0.3) is 0 Å². The summed E-state index contributed by atoms with van der Waals surface area (Å²) in [7, 11) is 3.87. The number of nitrogens with one attached hydrogen (secondary N) is 1. The summed E-state index contributed by atoms with van der Waals surface area (Å²) in [5.41, 5.74) is 0. The van der Waals surface area contributed by atoms with Crippen molar-refractivity contribution in [2.75, 3.05) is 40.3 Å². The first-order valence-electron chi connectivity index (χ1n) is 5.69. The van der Waals surface area contributed by atoms with Crippen LogP contribution in [0.2, 0.25) is 0 Å². The molecule has 0 radical (unpaired) electrons. The lowest BCUT2D eigenvalue weighted by atomic mass is 10.3. The number of unbranched alkanes of at least 4 members (excludes halogenated alkanes) is 1. The molecule has 0 saturated heterocycles. The highest BCUT2D eigenvalue weighted by molar-refractivity contribution is 5.71. The van der Waals surface area contributed by atoms with E-state index in [0.29, 0.717) is 13.2 Å². The van der Waals surface area contributed by atoms with Crippen molar-refractivity contribution in [2.24, 2.45) is 0 Å². The van der Waals surface area contributed by atoms with Crippen molar-refractivity contribution in [3.05, 3.63) is 0 Å². The number of nitrogens with zero attached hydrogens (tertiary/aromatic N) is 1. The van der Waals surface area contributed by atoms with Gasteiger partial charge in [0.1, 0.15) is 0 Å². The summed E-state index contributed by atoms with van der Waals surface area (Å²) in [6.07, 6.45) is 3.07. The zero-order chi connectivity index (χ0) is 11.5. The number of hydrogen-bond acceptors (Lipinski definition) is 4. The van der Waals surface area contributed by atoms with Gasteiger partial charge in [0, 0.05) is 0 Å². The van der Waals surface area contributed by atoms with Gasteiger partial charge in [-0.1, -0.05) is 13.3 Å². The van der Waals surface area contributed by atoms with E-state index in [1.54, 1.807) is 0 Å². The molecule has 0 spiro atoms. The van der Waals surface area contributed by atoms with Gasteiger partial charge in [-0.3, -0.25) is 9.69 Å². The van der Waals surface area contributed by atoms with Gasteiger partial charge in [0.15, 0.2) is 0 Å². The molecule has 0 aliphatic carbocycles. The molecule has 0 heterocycles. The number of carbonyl (C=O) groups is 1. The SMILES string of the molecule is CCCCOC(=O)CN(C)CCCNC. The molecule has 0 aliphatic rings. The third kappa shape index (κ3) is 9.69. The highest BCUT2D eigenvalue weighted by Gasteiger charge is 2.06. The van der Waals surface area contributed by atoms with E-state index in [9.17, 15) is 4.79 Å². The Morgan fingerprint density at radius 1 is 1.40 bits per heavy atom. The van der Waals surface area contributed by atoms with Gasteiger partial charge >= 0.3 is 5.97 Å². The average molecular weight is 216 g/mol. The molecule has 0 aliphatic heterocycles. The van der Waals surface area contributed by atoms with Gasteiger partial charge in [0.25, 0.3) is 0 Å². The lowest BCUT2D eigenvalue weighted by Gasteiger charge is -2.15. The van der Waals surface area contributed by atoms with Gasteiger partial charge in [0.05, 0.1) is 13.2 Å².